The fourth-order valence-corrected chi connectivity index (χ4v) is 3.75. The molecule has 0 N–H and O–H groups in total. The molecule has 0 fully saturated rings. The monoisotopic (exact) mass is 384 g/mol. The van der Waals surface area contributed by atoms with Crippen LogP contribution in [0.2, 0.25) is 0 Å². The van der Waals surface area contributed by atoms with Gasteiger partial charge in [0.2, 0.25) is 0 Å². The Morgan fingerprint density at radius 2 is 1.48 bits per heavy atom. The number of carbonyl (C=O) groups excluding carboxylic acids is 1. The summed E-state index contributed by atoms with van der Waals surface area (Å²) >= 11 is 0. The van der Waals surface area contributed by atoms with Crippen molar-refractivity contribution in [2.75, 3.05) is 24.4 Å². The minimum absolute atomic E-state index is 0.162. The number of carbonyl (C=O) groups is 1. The Morgan fingerprint density at radius 1 is 0.963 bits per heavy atom. The number of aryl methyl sites for hydroxylation is 1. The number of benzene rings is 2. The van der Waals surface area contributed by atoms with E-state index >= 15 is 0 Å². The summed E-state index contributed by atoms with van der Waals surface area (Å²) in [5, 5.41) is 0. The van der Waals surface area contributed by atoms with E-state index in [1.54, 1.807) is 65.6 Å². The van der Waals surface area contributed by atoms with Crippen LogP contribution in [0.3, 0.4) is 0 Å². The van der Waals surface area contributed by atoms with Crippen molar-refractivity contribution in [2.24, 2.45) is 0 Å². The van der Waals surface area contributed by atoms with Crippen molar-refractivity contribution >= 4 is 21.6 Å². The first kappa shape index (κ1) is 20.5. The number of anilines is 1. The number of amides is 1. The lowest BCUT2D eigenvalue weighted by Gasteiger charge is -2.21. The van der Waals surface area contributed by atoms with Crippen LogP contribution in [0.1, 0.15) is 15.9 Å². The predicted octanol–water partition coefficient (Wildman–Crippen LogP) is 3.63. The van der Waals surface area contributed by atoms with Crippen LogP contribution in [0.5, 0.6) is 0 Å². The Labute approximate surface area is 161 Å². The van der Waals surface area contributed by atoms with Crippen molar-refractivity contribution in [1.82, 2.24) is 4.90 Å². The molecule has 0 spiro atoms. The minimum atomic E-state index is -3.66. The van der Waals surface area contributed by atoms with Gasteiger partial charge in [-0.1, -0.05) is 29.8 Å². The van der Waals surface area contributed by atoms with Gasteiger partial charge in [-0.3, -0.25) is 9.10 Å². The van der Waals surface area contributed by atoms with Gasteiger partial charge in [-0.05, 0) is 43.3 Å². The van der Waals surface area contributed by atoms with Gasteiger partial charge >= 0.3 is 0 Å². The number of hydrogen-bond donors (Lipinski definition) is 0. The predicted molar refractivity (Wildman–Crippen MR) is 110 cm³/mol. The highest BCUT2D eigenvalue weighted by Crippen LogP contribution is 2.23. The van der Waals surface area contributed by atoms with E-state index in [0.29, 0.717) is 24.3 Å². The highest BCUT2D eigenvalue weighted by atomic mass is 32.2. The second-order valence-corrected chi connectivity index (χ2v) is 8.09. The maximum atomic E-state index is 12.8. The molecular formula is C21H24N2O3S. The molecule has 0 radical (unpaired) electrons. The van der Waals surface area contributed by atoms with E-state index in [-0.39, 0.29) is 10.8 Å². The molecule has 27 heavy (non-hydrogen) atoms. The van der Waals surface area contributed by atoms with E-state index in [4.69, 9.17) is 0 Å². The number of rotatable bonds is 8. The van der Waals surface area contributed by atoms with E-state index in [1.165, 1.54) is 11.4 Å². The molecule has 6 heteroatoms. The fourth-order valence-electron chi connectivity index (χ4n) is 2.56. The number of nitrogens with zero attached hydrogens (tertiary/aromatic N) is 2. The van der Waals surface area contributed by atoms with Gasteiger partial charge in [0.1, 0.15) is 0 Å². The standard InChI is InChI=1S/C21H24N2O3S/c1-5-15-23(16-6-2)21(24)18-9-11-19(12-10-18)22(4)27(25,26)20-13-7-17(3)8-14-20/h5-14H,1-2,15-16H2,3-4H3. The third-order valence-corrected chi connectivity index (χ3v) is 5.94. The van der Waals surface area contributed by atoms with Crippen molar-refractivity contribution < 1.29 is 13.2 Å². The van der Waals surface area contributed by atoms with Gasteiger partial charge in [0, 0.05) is 25.7 Å². The second kappa shape index (κ2) is 8.68. The Hall–Kier alpha value is -2.86. The smallest absolute Gasteiger partial charge is 0.264 e. The van der Waals surface area contributed by atoms with E-state index < -0.39 is 10.0 Å². The molecule has 0 unspecified atom stereocenters. The summed E-state index contributed by atoms with van der Waals surface area (Å²) in [5.74, 6) is -0.162. The normalized spacial score (nSPS) is 10.9. The lowest BCUT2D eigenvalue weighted by atomic mass is 10.1. The molecule has 2 aromatic rings. The maximum absolute atomic E-state index is 12.8. The molecule has 0 heterocycles. The van der Waals surface area contributed by atoms with Crippen molar-refractivity contribution in [3.63, 3.8) is 0 Å². The second-order valence-electron chi connectivity index (χ2n) is 6.12. The molecule has 2 rings (SSSR count). The molecule has 0 aromatic heterocycles. The molecule has 1 amide bonds. The fraction of sp³-hybridized carbons (Fsp3) is 0.190. The summed E-state index contributed by atoms with van der Waals surface area (Å²) in [4.78, 5) is 14.4. The van der Waals surface area contributed by atoms with Gasteiger partial charge in [-0.15, -0.1) is 13.2 Å². The first-order valence-electron chi connectivity index (χ1n) is 8.48. The molecule has 0 atom stereocenters. The van der Waals surface area contributed by atoms with Crippen LogP contribution in [-0.4, -0.2) is 39.4 Å². The van der Waals surface area contributed by atoms with E-state index in [0.717, 1.165) is 5.56 Å². The lowest BCUT2D eigenvalue weighted by Crippen LogP contribution is -2.31. The largest absolute Gasteiger partial charge is 0.331 e. The molecule has 0 aliphatic rings. The van der Waals surface area contributed by atoms with Crippen molar-refractivity contribution in [1.29, 1.82) is 0 Å². The molecule has 0 aliphatic carbocycles. The van der Waals surface area contributed by atoms with Gasteiger partial charge in [0.05, 0.1) is 10.6 Å². The molecular weight excluding hydrogens is 360 g/mol. The summed E-state index contributed by atoms with van der Waals surface area (Å²) in [7, 11) is -2.17. The van der Waals surface area contributed by atoms with Gasteiger partial charge in [0.15, 0.2) is 0 Å². The SMILES string of the molecule is C=CCN(CC=C)C(=O)c1ccc(N(C)S(=O)(=O)c2ccc(C)cc2)cc1. The average molecular weight is 385 g/mol. The molecule has 0 saturated heterocycles. The summed E-state index contributed by atoms with van der Waals surface area (Å²) in [6.07, 6.45) is 3.30. The lowest BCUT2D eigenvalue weighted by molar-refractivity contribution is 0.0791. The molecule has 142 valence electrons. The van der Waals surface area contributed by atoms with Gasteiger partial charge < -0.3 is 4.90 Å². The minimum Gasteiger partial charge on any atom is -0.331 e. The van der Waals surface area contributed by atoms with Gasteiger partial charge in [-0.25, -0.2) is 8.42 Å². The Morgan fingerprint density at radius 3 is 1.96 bits per heavy atom. The summed E-state index contributed by atoms with van der Waals surface area (Å²) in [6, 6.07) is 13.2. The highest BCUT2D eigenvalue weighted by Gasteiger charge is 2.21. The van der Waals surface area contributed by atoms with Gasteiger partial charge in [-0.2, -0.15) is 0 Å². The maximum Gasteiger partial charge on any atom is 0.264 e. The van der Waals surface area contributed by atoms with Crippen molar-refractivity contribution in [3.8, 4) is 0 Å². The zero-order chi connectivity index (χ0) is 20.0. The Kier molecular flexibility index (Phi) is 6.58. The topological polar surface area (TPSA) is 57.7 Å². The third-order valence-electron chi connectivity index (χ3n) is 4.14. The Balaban J connectivity index is 2.25. The van der Waals surface area contributed by atoms with Crippen LogP contribution in [0.4, 0.5) is 5.69 Å². The molecule has 5 nitrogen and oxygen atoms in total. The quantitative estimate of drug-likeness (QED) is 0.653. The highest BCUT2D eigenvalue weighted by molar-refractivity contribution is 7.92. The van der Waals surface area contributed by atoms with E-state index in [1.807, 2.05) is 6.92 Å². The summed E-state index contributed by atoms with van der Waals surface area (Å²) < 4.78 is 26.7. The van der Waals surface area contributed by atoms with Crippen LogP contribution < -0.4 is 4.31 Å². The number of sulfonamides is 1. The molecule has 0 saturated carbocycles. The first-order valence-corrected chi connectivity index (χ1v) is 9.92. The number of hydrogen-bond acceptors (Lipinski definition) is 3. The first-order chi connectivity index (χ1) is 12.8. The summed E-state index contributed by atoms with van der Waals surface area (Å²) in [6.45, 7) is 10.0. The Bertz CT molecular complexity index is 907. The van der Waals surface area contributed by atoms with Crippen LogP contribution in [0.15, 0.2) is 78.7 Å². The molecule has 2 aromatic carbocycles. The summed E-state index contributed by atoms with van der Waals surface area (Å²) in [5.41, 5.74) is 1.94. The zero-order valence-corrected chi connectivity index (χ0v) is 16.4. The van der Waals surface area contributed by atoms with E-state index in [2.05, 4.69) is 13.2 Å². The van der Waals surface area contributed by atoms with Crippen LogP contribution in [0.25, 0.3) is 0 Å². The van der Waals surface area contributed by atoms with Crippen LogP contribution >= 0.6 is 0 Å². The van der Waals surface area contributed by atoms with Crippen LogP contribution in [0, 0.1) is 6.92 Å². The van der Waals surface area contributed by atoms with Crippen LogP contribution in [-0.2, 0) is 10.0 Å². The average Bonchev–Trinajstić information content (AvgIpc) is 2.67. The molecule has 0 aliphatic heterocycles. The van der Waals surface area contributed by atoms with Crippen molar-refractivity contribution in [2.45, 2.75) is 11.8 Å². The van der Waals surface area contributed by atoms with Crippen molar-refractivity contribution in [3.05, 3.63) is 85.0 Å². The molecule has 0 bridgehead atoms. The third kappa shape index (κ3) is 4.65. The van der Waals surface area contributed by atoms with E-state index in [9.17, 15) is 13.2 Å². The zero-order valence-electron chi connectivity index (χ0n) is 15.6. The van der Waals surface area contributed by atoms with Gasteiger partial charge in [0.25, 0.3) is 15.9 Å².